The van der Waals surface area contributed by atoms with Crippen LogP contribution in [0.5, 0.6) is 0 Å². The Morgan fingerprint density at radius 3 is 2.89 bits per heavy atom. The summed E-state index contributed by atoms with van der Waals surface area (Å²) in [5.74, 6) is 0.251. The van der Waals surface area contributed by atoms with Gasteiger partial charge in [0.15, 0.2) is 0 Å². The number of likely N-dealkylation sites (tertiary alicyclic amines) is 1. The molecule has 19 heavy (non-hydrogen) atoms. The third kappa shape index (κ3) is 2.41. The predicted octanol–water partition coefficient (Wildman–Crippen LogP) is 3.58. The van der Waals surface area contributed by atoms with Gasteiger partial charge < -0.3 is 4.90 Å². The number of carbonyl (C=O) groups excluding carboxylic acids is 1. The highest BCUT2D eigenvalue weighted by Gasteiger charge is 2.26. The van der Waals surface area contributed by atoms with Crippen molar-refractivity contribution in [3.8, 4) is 0 Å². The van der Waals surface area contributed by atoms with Gasteiger partial charge in [0.2, 0.25) is 0 Å². The fourth-order valence-electron chi connectivity index (χ4n) is 3.56. The second-order valence-electron chi connectivity index (χ2n) is 5.89. The van der Waals surface area contributed by atoms with E-state index in [1.165, 1.54) is 36.8 Å². The molecule has 0 spiro atoms. The van der Waals surface area contributed by atoms with Crippen molar-refractivity contribution in [3.63, 3.8) is 0 Å². The fraction of sp³-hybridized carbons (Fsp3) is 0.588. The Labute approximate surface area is 115 Å². The standard InChI is InChI=1S/C17H23NO/c1-2-16-8-3-4-11-18(16)17(19)15-10-9-13-6-5-7-14(13)12-15/h9-10,12,16H,2-8,11H2,1H3. The Hall–Kier alpha value is -1.31. The van der Waals surface area contributed by atoms with E-state index in [1.54, 1.807) is 0 Å². The first-order chi connectivity index (χ1) is 9.29. The number of hydrogen-bond donors (Lipinski definition) is 0. The number of piperidine rings is 1. The van der Waals surface area contributed by atoms with Crippen LogP contribution in [0.25, 0.3) is 0 Å². The molecule has 2 heteroatoms. The van der Waals surface area contributed by atoms with Crippen molar-refractivity contribution in [2.75, 3.05) is 6.54 Å². The molecule has 0 radical (unpaired) electrons. The smallest absolute Gasteiger partial charge is 0.254 e. The Bertz CT molecular complexity index is 480. The molecular weight excluding hydrogens is 234 g/mol. The van der Waals surface area contributed by atoms with Gasteiger partial charge in [-0.3, -0.25) is 4.79 Å². The zero-order valence-electron chi connectivity index (χ0n) is 11.8. The summed E-state index contributed by atoms with van der Waals surface area (Å²) in [4.78, 5) is 14.8. The Kier molecular flexibility index (Phi) is 3.58. The number of benzene rings is 1. The van der Waals surface area contributed by atoms with Gasteiger partial charge in [0.05, 0.1) is 0 Å². The minimum atomic E-state index is 0.251. The van der Waals surface area contributed by atoms with Gasteiger partial charge in [-0.05, 0) is 68.2 Å². The first-order valence-corrected chi connectivity index (χ1v) is 7.72. The first kappa shape index (κ1) is 12.7. The number of carbonyl (C=O) groups is 1. The Morgan fingerprint density at radius 1 is 1.21 bits per heavy atom. The van der Waals surface area contributed by atoms with Crippen molar-refractivity contribution in [2.24, 2.45) is 0 Å². The number of amides is 1. The molecule has 1 aromatic carbocycles. The van der Waals surface area contributed by atoms with Crippen LogP contribution >= 0.6 is 0 Å². The second kappa shape index (κ2) is 5.36. The molecule has 1 saturated heterocycles. The quantitative estimate of drug-likeness (QED) is 0.793. The van der Waals surface area contributed by atoms with Gasteiger partial charge in [-0.2, -0.15) is 0 Å². The van der Waals surface area contributed by atoms with E-state index in [2.05, 4.69) is 24.0 Å². The number of aryl methyl sites for hydroxylation is 2. The molecule has 102 valence electrons. The molecule has 1 aliphatic carbocycles. The fourth-order valence-corrected chi connectivity index (χ4v) is 3.56. The highest BCUT2D eigenvalue weighted by Crippen LogP contribution is 2.26. The third-order valence-electron chi connectivity index (χ3n) is 4.70. The molecule has 1 amide bonds. The largest absolute Gasteiger partial charge is 0.336 e. The second-order valence-corrected chi connectivity index (χ2v) is 5.89. The summed E-state index contributed by atoms with van der Waals surface area (Å²) in [5, 5.41) is 0. The van der Waals surface area contributed by atoms with Crippen molar-refractivity contribution in [3.05, 3.63) is 34.9 Å². The van der Waals surface area contributed by atoms with E-state index in [-0.39, 0.29) is 5.91 Å². The zero-order chi connectivity index (χ0) is 13.2. The molecule has 1 aromatic rings. The molecule has 1 unspecified atom stereocenters. The molecule has 0 bridgehead atoms. The van der Waals surface area contributed by atoms with Crippen molar-refractivity contribution in [1.29, 1.82) is 0 Å². The molecule has 0 saturated carbocycles. The van der Waals surface area contributed by atoms with Crippen LogP contribution in [-0.2, 0) is 12.8 Å². The van der Waals surface area contributed by atoms with Crippen LogP contribution in [0.15, 0.2) is 18.2 Å². The topological polar surface area (TPSA) is 20.3 Å². The summed E-state index contributed by atoms with van der Waals surface area (Å²) in [6, 6.07) is 6.80. The van der Waals surface area contributed by atoms with Crippen molar-refractivity contribution < 1.29 is 4.79 Å². The van der Waals surface area contributed by atoms with E-state index in [0.717, 1.165) is 31.4 Å². The van der Waals surface area contributed by atoms with Gasteiger partial charge in [0.25, 0.3) is 5.91 Å². The third-order valence-corrected chi connectivity index (χ3v) is 4.70. The lowest BCUT2D eigenvalue weighted by atomic mass is 9.98. The lowest BCUT2D eigenvalue weighted by Gasteiger charge is -2.35. The van der Waals surface area contributed by atoms with E-state index in [4.69, 9.17) is 0 Å². The highest BCUT2D eigenvalue weighted by atomic mass is 16.2. The minimum Gasteiger partial charge on any atom is -0.336 e. The van der Waals surface area contributed by atoms with Crippen LogP contribution in [-0.4, -0.2) is 23.4 Å². The van der Waals surface area contributed by atoms with Crippen LogP contribution in [0.4, 0.5) is 0 Å². The molecule has 1 atom stereocenters. The van der Waals surface area contributed by atoms with E-state index in [0.29, 0.717) is 6.04 Å². The molecular formula is C17H23NO. The molecule has 2 aliphatic rings. The van der Waals surface area contributed by atoms with Crippen LogP contribution in [0.1, 0.15) is 60.5 Å². The molecule has 1 aliphatic heterocycles. The average Bonchev–Trinajstić information content (AvgIpc) is 2.93. The monoisotopic (exact) mass is 257 g/mol. The molecule has 0 aromatic heterocycles. The summed E-state index contributed by atoms with van der Waals surface area (Å²) in [6.45, 7) is 3.13. The maximum Gasteiger partial charge on any atom is 0.254 e. The van der Waals surface area contributed by atoms with Crippen LogP contribution < -0.4 is 0 Å². The van der Waals surface area contributed by atoms with E-state index < -0.39 is 0 Å². The lowest BCUT2D eigenvalue weighted by Crippen LogP contribution is -2.43. The van der Waals surface area contributed by atoms with Gasteiger partial charge in [-0.25, -0.2) is 0 Å². The maximum atomic E-state index is 12.7. The molecule has 1 fully saturated rings. The number of rotatable bonds is 2. The van der Waals surface area contributed by atoms with Gasteiger partial charge in [0.1, 0.15) is 0 Å². The number of nitrogens with zero attached hydrogens (tertiary/aromatic N) is 1. The summed E-state index contributed by atoms with van der Waals surface area (Å²) in [7, 11) is 0. The summed E-state index contributed by atoms with van der Waals surface area (Å²) in [5.41, 5.74) is 3.75. The number of fused-ring (bicyclic) bond motifs is 1. The molecule has 1 heterocycles. The van der Waals surface area contributed by atoms with E-state index in [1.807, 2.05) is 6.07 Å². The highest BCUT2D eigenvalue weighted by molar-refractivity contribution is 5.94. The van der Waals surface area contributed by atoms with Crippen LogP contribution in [0, 0.1) is 0 Å². The lowest BCUT2D eigenvalue weighted by molar-refractivity contribution is 0.0608. The van der Waals surface area contributed by atoms with Gasteiger partial charge in [0, 0.05) is 18.2 Å². The van der Waals surface area contributed by atoms with Crippen molar-refractivity contribution >= 4 is 5.91 Å². The molecule has 0 N–H and O–H groups in total. The zero-order valence-corrected chi connectivity index (χ0v) is 11.8. The van der Waals surface area contributed by atoms with E-state index in [9.17, 15) is 4.79 Å². The normalized spacial score (nSPS) is 22.4. The summed E-state index contributed by atoms with van der Waals surface area (Å²) >= 11 is 0. The predicted molar refractivity (Wildman–Crippen MR) is 77.4 cm³/mol. The van der Waals surface area contributed by atoms with Crippen LogP contribution in [0.2, 0.25) is 0 Å². The van der Waals surface area contributed by atoms with Crippen molar-refractivity contribution in [2.45, 2.75) is 57.9 Å². The maximum absolute atomic E-state index is 12.7. The van der Waals surface area contributed by atoms with Gasteiger partial charge >= 0.3 is 0 Å². The summed E-state index contributed by atoms with van der Waals surface area (Å²) in [6.07, 6.45) is 8.26. The first-order valence-electron chi connectivity index (χ1n) is 7.72. The Morgan fingerprint density at radius 2 is 2.05 bits per heavy atom. The summed E-state index contributed by atoms with van der Waals surface area (Å²) < 4.78 is 0. The average molecular weight is 257 g/mol. The molecule has 2 nitrogen and oxygen atoms in total. The number of hydrogen-bond acceptors (Lipinski definition) is 1. The van der Waals surface area contributed by atoms with Gasteiger partial charge in [-0.15, -0.1) is 0 Å². The minimum absolute atomic E-state index is 0.251. The SMILES string of the molecule is CCC1CCCCN1C(=O)c1ccc2c(c1)CCC2. The van der Waals surface area contributed by atoms with E-state index >= 15 is 0 Å². The Balaban J connectivity index is 1.82. The molecule has 3 rings (SSSR count). The van der Waals surface area contributed by atoms with Crippen LogP contribution in [0.3, 0.4) is 0 Å². The van der Waals surface area contributed by atoms with Gasteiger partial charge in [-0.1, -0.05) is 13.0 Å². The van der Waals surface area contributed by atoms with Crippen molar-refractivity contribution in [1.82, 2.24) is 4.90 Å².